The minimum Gasteiger partial charge on any atom is -0.365 e. The standard InChI is InChI=1S/C24H29N5O3S/c1-16-13-17(2)29(27-16)10-4-5-23(30)28-11-12-32-22(14-28)24(31)26-20-8-6-19(7-9-20)21-15-33-18(3)25-21/h6-9,13,15,22H,4-5,10-12,14H2,1-3H3,(H,26,31). The highest BCUT2D eigenvalue weighted by Crippen LogP contribution is 2.23. The maximum atomic E-state index is 12.7. The second kappa shape index (κ2) is 10.3. The van der Waals surface area contributed by atoms with Gasteiger partial charge in [0.1, 0.15) is 0 Å². The van der Waals surface area contributed by atoms with Crippen molar-refractivity contribution < 1.29 is 14.3 Å². The van der Waals surface area contributed by atoms with Crippen molar-refractivity contribution in [3.8, 4) is 11.3 Å². The van der Waals surface area contributed by atoms with E-state index in [9.17, 15) is 9.59 Å². The highest BCUT2D eigenvalue weighted by atomic mass is 32.1. The van der Waals surface area contributed by atoms with Gasteiger partial charge in [-0.25, -0.2) is 4.98 Å². The second-order valence-electron chi connectivity index (χ2n) is 8.27. The Morgan fingerprint density at radius 2 is 2.00 bits per heavy atom. The van der Waals surface area contributed by atoms with Crippen molar-refractivity contribution in [1.82, 2.24) is 19.7 Å². The van der Waals surface area contributed by atoms with Crippen LogP contribution in [0.25, 0.3) is 11.3 Å². The van der Waals surface area contributed by atoms with Crippen LogP contribution in [-0.4, -0.2) is 57.3 Å². The highest BCUT2D eigenvalue weighted by molar-refractivity contribution is 7.09. The van der Waals surface area contributed by atoms with E-state index in [1.165, 1.54) is 0 Å². The number of amides is 2. The number of anilines is 1. The quantitative estimate of drug-likeness (QED) is 0.574. The molecule has 1 aliphatic rings. The Hall–Kier alpha value is -3.04. The van der Waals surface area contributed by atoms with Crippen LogP contribution in [0, 0.1) is 20.8 Å². The third-order valence-electron chi connectivity index (χ3n) is 5.64. The van der Waals surface area contributed by atoms with Gasteiger partial charge in [0.05, 0.1) is 29.5 Å². The maximum Gasteiger partial charge on any atom is 0.255 e. The number of ether oxygens (including phenoxy) is 1. The van der Waals surface area contributed by atoms with Crippen LogP contribution in [0.1, 0.15) is 29.2 Å². The predicted molar refractivity (Wildman–Crippen MR) is 128 cm³/mol. The number of hydrogen-bond acceptors (Lipinski definition) is 6. The first-order chi connectivity index (χ1) is 15.9. The number of carbonyl (C=O) groups excluding carboxylic acids is 2. The van der Waals surface area contributed by atoms with Gasteiger partial charge in [-0.05, 0) is 45.4 Å². The molecule has 1 atom stereocenters. The summed E-state index contributed by atoms with van der Waals surface area (Å²) in [6.07, 6.45) is 0.448. The van der Waals surface area contributed by atoms with Gasteiger partial charge in [-0.15, -0.1) is 11.3 Å². The molecule has 2 aromatic heterocycles. The summed E-state index contributed by atoms with van der Waals surface area (Å²) in [4.78, 5) is 31.6. The molecule has 1 fully saturated rings. The third-order valence-corrected chi connectivity index (χ3v) is 6.42. The van der Waals surface area contributed by atoms with Gasteiger partial charge in [0, 0.05) is 41.8 Å². The Balaban J connectivity index is 1.27. The van der Waals surface area contributed by atoms with E-state index in [2.05, 4.69) is 15.4 Å². The Morgan fingerprint density at radius 1 is 1.21 bits per heavy atom. The van der Waals surface area contributed by atoms with Crippen LogP contribution < -0.4 is 5.32 Å². The molecule has 1 N–H and O–H groups in total. The van der Waals surface area contributed by atoms with E-state index in [0.717, 1.165) is 27.7 Å². The van der Waals surface area contributed by atoms with Crippen LogP contribution >= 0.6 is 11.3 Å². The van der Waals surface area contributed by atoms with Gasteiger partial charge >= 0.3 is 0 Å². The average Bonchev–Trinajstić information content (AvgIpc) is 3.38. The molecular formula is C24H29N5O3S. The van der Waals surface area contributed by atoms with E-state index >= 15 is 0 Å². The molecule has 8 nitrogen and oxygen atoms in total. The van der Waals surface area contributed by atoms with Crippen molar-refractivity contribution in [3.05, 3.63) is 52.1 Å². The number of thiazole rings is 1. The lowest BCUT2D eigenvalue weighted by Crippen LogP contribution is -2.50. The number of carbonyl (C=O) groups is 2. The zero-order valence-corrected chi connectivity index (χ0v) is 20.0. The molecule has 3 aromatic rings. The van der Waals surface area contributed by atoms with Crippen molar-refractivity contribution in [3.63, 3.8) is 0 Å². The number of rotatable bonds is 7. The molecule has 1 saturated heterocycles. The summed E-state index contributed by atoms with van der Waals surface area (Å²) in [6, 6.07) is 9.61. The normalized spacial score (nSPS) is 16.1. The molecule has 1 aliphatic heterocycles. The fraction of sp³-hybridized carbons (Fsp3) is 0.417. The van der Waals surface area contributed by atoms with Gasteiger partial charge in [-0.1, -0.05) is 12.1 Å². The van der Waals surface area contributed by atoms with E-state index in [1.807, 2.05) is 61.2 Å². The van der Waals surface area contributed by atoms with Crippen molar-refractivity contribution in [2.24, 2.45) is 0 Å². The van der Waals surface area contributed by atoms with Gasteiger partial charge in [0.2, 0.25) is 5.91 Å². The Kier molecular flexibility index (Phi) is 7.20. The van der Waals surface area contributed by atoms with Gasteiger partial charge in [0.15, 0.2) is 6.10 Å². The topological polar surface area (TPSA) is 89.4 Å². The lowest BCUT2D eigenvalue weighted by molar-refractivity contribution is -0.144. The number of nitrogens with zero attached hydrogens (tertiary/aromatic N) is 4. The lowest BCUT2D eigenvalue weighted by Gasteiger charge is -2.32. The summed E-state index contributed by atoms with van der Waals surface area (Å²) in [5.74, 6) is -0.201. The number of benzene rings is 1. The van der Waals surface area contributed by atoms with Gasteiger partial charge in [0.25, 0.3) is 5.91 Å². The summed E-state index contributed by atoms with van der Waals surface area (Å²) in [7, 11) is 0. The summed E-state index contributed by atoms with van der Waals surface area (Å²) >= 11 is 1.61. The molecule has 1 unspecified atom stereocenters. The first kappa shape index (κ1) is 23.1. The average molecular weight is 468 g/mol. The Bertz CT molecular complexity index is 1120. The molecule has 0 radical (unpaired) electrons. The van der Waals surface area contributed by atoms with Gasteiger partial charge < -0.3 is 15.0 Å². The maximum absolute atomic E-state index is 12.7. The molecule has 0 bridgehead atoms. The molecule has 3 heterocycles. The Morgan fingerprint density at radius 3 is 2.67 bits per heavy atom. The number of nitrogens with one attached hydrogen (secondary N) is 1. The summed E-state index contributed by atoms with van der Waals surface area (Å²) in [5.41, 5.74) is 4.70. The van der Waals surface area contributed by atoms with Crippen molar-refractivity contribution in [1.29, 1.82) is 0 Å². The molecule has 4 rings (SSSR count). The number of morpholine rings is 1. The van der Waals surface area contributed by atoms with Crippen LogP contribution in [0.5, 0.6) is 0 Å². The molecule has 2 amide bonds. The van der Waals surface area contributed by atoms with Crippen molar-refractivity contribution in [2.45, 2.75) is 46.3 Å². The third kappa shape index (κ3) is 5.85. The first-order valence-electron chi connectivity index (χ1n) is 11.1. The zero-order valence-electron chi connectivity index (χ0n) is 19.2. The molecule has 0 spiro atoms. The second-order valence-corrected chi connectivity index (χ2v) is 9.33. The monoisotopic (exact) mass is 467 g/mol. The molecular weight excluding hydrogens is 438 g/mol. The smallest absolute Gasteiger partial charge is 0.255 e. The molecule has 174 valence electrons. The summed E-state index contributed by atoms with van der Waals surface area (Å²) in [5, 5.41) is 10.4. The van der Waals surface area contributed by atoms with E-state index < -0.39 is 6.10 Å². The molecule has 33 heavy (non-hydrogen) atoms. The van der Waals surface area contributed by atoms with Crippen molar-refractivity contribution >= 4 is 28.8 Å². The van der Waals surface area contributed by atoms with Crippen molar-refractivity contribution in [2.75, 3.05) is 25.0 Å². The number of hydrogen-bond donors (Lipinski definition) is 1. The highest BCUT2D eigenvalue weighted by Gasteiger charge is 2.29. The van der Waals surface area contributed by atoms with E-state index in [0.29, 0.717) is 38.2 Å². The van der Waals surface area contributed by atoms with Crippen LogP contribution in [0.4, 0.5) is 5.69 Å². The van der Waals surface area contributed by atoms with E-state index in [4.69, 9.17) is 4.74 Å². The fourth-order valence-electron chi connectivity index (χ4n) is 3.92. The fourth-order valence-corrected chi connectivity index (χ4v) is 4.54. The molecule has 1 aromatic carbocycles. The van der Waals surface area contributed by atoms with Crippen LogP contribution in [-0.2, 0) is 20.9 Å². The largest absolute Gasteiger partial charge is 0.365 e. The molecule has 9 heteroatoms. The SMILES string of the molecule is Cc1cc(C)n(CCCC(=O)N2CCOC(C(=O)Nc3ccc(-c4csc(C)n4)cc3)C2)n1. The van der Waals surface area contributed by atoms with Crippen LogP contribution in [0.3, 0.4) is 0 Å². The Labute approximate surface area is 197 Å². The van der Waals surface area contributed by atoms with E-state index in [1.54, 1.807) is 16.2 Å². The van der Waals surface area contributed by atoms with Gasteiger partial charge in [-0.2, -0.15) is 5.10 Å². The predicted octanol–water partition coefficient (Wildman–Crippen LogP) is 3.58. The number of aromatic nitrogens is 3. The summed E-state index contributed by atoms with van der Waals surface area (Å²) < 4.78 is 7.58. The van der Waals surface area contributed by atoms with Crippen LogP contribution in [0.2, 0.25) is 0 Å². The molecule has 0 saturated carbocycles. The molecule has 0 aliphatic carbocycles. The van der Waals surface area contributed by atoms with Crippen LogP contribution in [0.15, 0.2) is 35.7 Å². The zero-order chi connectivity index (χ0) is 23.4. The lowest BCUT2D eigenvalue weighted by atomic mass is 10.1. The minimum atomic E-state index is -0.681. The first-order valence-corrected chi connectivity index (χ1v) is 12.0. The summed E-state index contributed by atoms with van der Waals surface area (Å²) in [6.45, 7) is 7.77. The number of aryl methyl sites for hydroxylation is 4. The van der Waals surface area contributed by atoms with E-state index in [-0.39, 0.29) is 18.4 Å². The minimum absolute atomic E-state index is 0.0422. The van der Waals surface area contributed by atoms with Gasteiger partial charge in [-0.3, -0.25) is 14.3 Å².